The highest BCUT2D eigenvalue weighted by molar-refractivity contribution is 7.52. The summed E-state index contributed by atoms with van der Waals surface area (Å²) in [6.45, 7) is 6.99. The zero-order valence-electron chi connectivity index (χ0n) is 24.1. The van der Waals surface area contributed by atoms with Crippen molar-refractivity contribution in [2.75, 3.05) is 13.7 Å². The van der Waals surface area contributed by atoms with Gasteiger partial charge in [0.2, 0.25) is 0 Å². The largest absolute Gasteiger partial charge is 0.462 e. The normalized spacial score (nSPS) is 16.4. The topological polar surface area (TPSA) is 184 Å². The molecule has 14 nitrogen and oxygen atoms in total. The number of aromatic nitrogens is 2. The van der Waals surface area contributed by atoms with Gasteiger partial charge in [0.15, 0.2) is 6.10 Å². The van der Waals surface area contributed by atoms with Crippen LogP contribution in [0.15, 0.2) is 52.2 Å². The van der Waals surface area contributed by atoms with Gasteiger partial charge >= 0.3 is 25.4 Å². The Morgan fingerprint density at radius 2 is 1.74 bits per heavy atom. The molecule has 0 amide bonds. The molecule has 42 heavy (non-hydrogen) atoms. The van der Waals surface area contributed by atoms with E-state index in [0.717, 1.165) is 19.4 Å². The summed E-state index contributed by atoms with van der Waals surface area (Å²) in [6.07, 6.45) is 2.76. The van der Waals surface area contributed by atoms with E-state index in [1.54, 1.807) is 32.0 Å². The van der Waals surface area contributed by atoms with E-state index in [9.17, 15) is 28.8 Å². The van der Waals surface area contributed by atoms with Crippen LogP contribution in [0.1, 0.15) is 34.6 Å². The van der Waals surface area contributed by atoms with Crippen molar-refractivity contribution in [1.29, 1.82) is 0 Å². The molecule has 2 rings (SSSR count). The van der Waals surface area contributed by atoms with Crippen molar-refractivity contribution in [2.24, 2.45) is 5.92 Å². The number of benzene rings is 1. The Morgan fingerprint density at radius 3 is 2.26 bits per heavy atom. The molecule has 0 spiro atoms. The molecule has 15 heteroatoms. The van der Waals surface area contributed by atoms with Crippen LogP contribution in [0.4, 0.5) is 0 Å². The Hall–Kier alpha value is -3.73. The summed E-state index contributed by atoms with van der Waals surface area (Å²) < 4.78 is 41.8. The van der Waals surface area contributed by atoms with E-state index in [2.05, 4.69) is 5.09 Å². The SMILES string of the molecule is C#C[C@@](O)(C(OC(=O)C(C)C)[C@@H](COP(=O)(N[C@@H](C)C(=O)OC(C)C)Oc1ccccc1)OC)n1ccc(=O)[nH]c1=O. The lowest BCUT2D eigenvalue weighted by Crippen LogP contribution is -2.57. The number of aliphatic hydroxyl groups is 1. The molecule has 0 bridgehead atoms. The Labute approximate surface area is 242 Å². The van der Waals surface area contributed by atoms with E-state index >= 15 is 0 Å². The van der Waals surface area contributed by atoms with Crippen molar-refractivity contribution < 1.29 is 42.5 Å². The molecule has 0 aliphatic rings. The maximum absolute atomic E-state index is 13.9. The predicted molar refractivity (Wildman–Crippen MR) is 150 cm³/mol. The third-order valence-corrected chi connectivity index (χ3v) is 7.23. The number of H-pyrrole nitrogens is 1. The van der Waals surface area contributed by atoms with E-state index in [0.29, 0.717) is 4.57 Å². The Morgan fingerprint density at radius 1 is 1.10 bits per heavy atom. The van der Waals surface area contributed by atoms with E-state index in [1.165, 1.54) is 32.9 Å². The molecule has 3 N–H and O–H groups in total. The number of hydrogen-bond acceptors (Lipinski definition) is 11. The van der Waals surface area contributed by atoms with Gasteiger partial charge in [-0.1, -0.05) is 32.0 Å². The summed E-state index contributed by atoms with van der Waals surface area (Å²) in [7, 11) is -3.26. The number of ether oxygens (including phenoxy) is 3. The van der Waals surface area contributed by atoms with Crippen LogP contribution in [0, 0.1) is 18.3 Å². The maximum Gasteiger partial charge on any atom is 0.459 e. The van der Waals surface area contributed by atoms with Gasteiger partial charge in [0.05, 0.1) is 18.6 Å². The predicted octanol–water partition coefficient (Wildman–Crippen LogP) is 1.53. The number of methoxy groups -OCH3 is 1. The van der Waals surface area contributed by atoms with Crippen LogP contribution in [-0.4, -0.2) is 64.7 Å². The van der Waals surface area contributed by atoms with Crippen LogP contribution in [0.5, 0.6) is 5.75 Å². The monoisotopic (exact) mass is 609 g/mol. The molecule has 1 aromatic heterocycles. The van der Waals surface area contributed by atoms with Crippen molar-refractivity contribution in [3.8, 4) is 18.1 Å². The first-order valence-corrected chi connectivity index (χ1v) is 14.4. The molecule has 0 aliphatic carbocycles. The van der Waals surface area contributed by atoms with Crippen molar-refractivity contribution >= 4 is 19.7 Å². The number of terminal acetylenes is 1. The number of aromatic amines is 1. The number of rotatable bonds is 15. The van der Waals surface area contributed by atoms with E-state index in [-0.39, 0.29) is 5.75 Å². The number of nitrogens with one attached hydrogen (secondary N) is 2. The van der Waals surface area contributed by atoms with Gasteiger partial charge in [0.1, 0.15) is 17.9 Å². The average molecular weight is 610 g/mol. The lowest BCUT2D eigenvalue weighted by atomic mass is 10.0. The first-order chi connectivity index (χ1) is 19.7. The Balaban J connectivity index is 2.50. The molecule has 0 saturated carbocycles. The van der Waals surface area contributed by atoms with Crippen molar-refractivity contribution in [3.05, 3.63) is 63.4 Å². The highest BCUT2D eigenvalue weighted by atomic mass is 31.2. The number of para-hydroxylation sites is 1. The summed E-state index contributed by atoms with van der Waals surface area (Å²) >= 11 is 0. The molecule has 0 saturated heterocycles. The average Bonchev–Trinajstić information content (AvgIpc) is 2.92. The van der Waals surface area contributed by atoms with Crippen LogP contribution < -0.4 is 20.9 Å². The molecule has 1 aromatic carbocycles. The second-order valence-corrected chi connectivity index (χ2v) is 11.4. The van der Waals surface area contributed by atoms with Crippen LogP contribution in [-0.2, 0) is 38.6 Å². The molecule has 2 unspecified atom stereocenters. The maximum atomic E-state index is 13.9. The summed E-state index contributed by atoms with van der Waals surface area (Å²) in [5.41, 5.74) is -4.60. The number of carbonyl (C=O) groups is 2. The van der Waals surface area contributed by atoms with Crippen molar-refractivity contribution in [3.63, 3.8) is 0 Å². The highest BCUT2D eigenvalue weighted by Gasteiger charge is 2.48. The standard InChI is InChI=1S/C27H36N3O11P/c1-8-27(35,30-15-14-22(31)28-26(30)34)23(40-24(32)17(2)3)21(37-7)16-38-42(36,41-20-12-10-9-11-13-20)29-19(6)25(33)39-18(4)5/h1,9-15,17-19,21,23,35H,16H2,2-7H3,(H,29,36)(H,28,31,34)/t19-,21+,23?,27+,42?/m0/s1. The highest BCUT2D eigenvalue weighted by Crippen LogP contribution is 2.45. The minimum absolute atomic E-state index is 0.120. The van der Waals surface area contributed by atoms with Gasteiger partial charge in [-0.25, -0.2) is 9.36 Å². The van der Waals surface area contributed by atoms with Crippen molar-refractivity contribution in [2.45, 2.75) is 64.7 Å². The second-order valence-electron chi connectivity index (χ2n) is 9.67. The fourth-order valence-corrected chi connectivity index (χ4v) is 4.94. The summed E-state index contributed by atoms with van der Waals surface area (Å²) in [4.78, 5) is 51.3. The van der Waals surface area contributed by atoms with E-state index in [4.69, 9.17) is 29.7 Å². The van der Waals surface area contributed by atoms with Crippen molar-refractivity contribution in [1.82, 2.24) is 14.6 Å². The second kappa shape index (κ2) is 14.9. The first-order valence-electron chi connectivity index (χ1n) is 12.9. The van der Waals surface area contributed by atoms with Gasteiger partial charge in [-0.05, 0) is 38.8 Å². The molecule has 230 valence electrons. The number of esters is 2. The van der Waals surface area contributed by atoms with Crippen LogP contribution in [0.2, 0.25) is 0 Å². The number of carbonyl (C=O) groups excluding carboxylic acids is 2. The smallest absolute Gasteiger partial charge is 0.459 e. The zero-order valence-corrected chi connectivity index (χ0v) is 25.0. The lowest BCUT2D eigenvalue weighted by molar-refractivity contribution is -0.196. The van der Waals surface area contributed by atoms with Gasteiger partial charge in [0, 0.05) is 19.4 Å². The van der Waals surface area contributed by atoms with Crippen LogP contribution in [0.3, 0.4) is 0 Å². The lowest BCUT2D eigenvalue weighted by Gasteiger charge is -2.37. The molecule has 2 aromatic rings. The minimum Gasteiger partial charge on any atom is -0.462 e. The van der Waals surface area contributed by atoms with Crippen LogP contribution >= 0.6 is 7.75 Å². The Kier molecular flexibility index (Phi) is 12.3. The molecular formula is C27H36N3O11P. The summed E-state index contributed by atoms with van der Waals surface area (Å²) in [6, 6.07) is 7.68. The number of hydrogen-bond donors (Lipinski definition) is 3. The summed E-state index contributed by atoms with van der Waals surface area (Å²) in [5, 5.41) is 14.0. The molecule has 1 heterocycles. The van der Waals surface area contributed by atoms with E-state index in [1.807, 2.05) is 10.9 Å². The zero-order chi connectivity index (χ0) is 31.7. The summed E-state index contributed by atoms with van der Waals surface area (Å²) in [5.74, 6) is -0.136. The fraction of sp³-hybridized carbons (Fsp3) is 0.481. The molecule has 0 radical (unpaired) electrons. The first kappa shape index (κ1) is 34.5. The van der Waals surface area contributed by atoms with Gasteiger partial charge in [-0.15, -0.1) is 6.42 Å². The third kappa shape index (κ3) is 9.14. The van der Waals surface area contributed by atoms with Crippen LogP contribution in [0.25, 0.3) is 0 Å². The van der Waals surface area contributed by atoms with Gasteiger partial charge in [0.25, 0.3) is 11.3 Å². The Bertz CT molecular complexity index is 1420. The minimum atomic E-state index is -4.42. The third-order valence-electron chi connectivity index (χ3n) is 5.59. The molecule has 0 fully saturated rings. The van der Waals surface area contributed by atoms with E-state index < -0.39 is 73.5 Å². The fourth-order valence-electron chi connectivity index (χ4n) is 3.44. The molecule has 5 atom stereocenters. The van der Waals surface area contributed by atoms with Gasteiger partial charge in [-0.2, -0.15) is 5.09 Å². The van der Waals surface area contributed by atoms with Gasteiger partial charge < -0.3 is 23.8 Å². The van der Waals surface area contributed by atoms with Gasteiger partial charge in [-0.3, -0.25) is 28.5 Å². The molecular weight excluding hydrogens is 573 g/mol. The number of nitrogens with zero attached hydrogens (tertiary/aromatic N) is 1. The quantitative estimate of drug-likeness (QED) is 0.151. The molecule has 0 aliphatic heterocycles.